The Balaban J connectivity index is 1.84. The lowest BCUT2D eigenvalue weighted by Gasteiger charge is -2.37. The Labute approximate surface area is 76.5 Å². The highest BCUT2D eigenvalue weighted by Crippen LogP contribution is 2.60. The first-order valence-electron chi connectivity index (χ1n) is 5.86. The highest BCUT2D eigenvalue weighted by Gasteiger charge is 2.50. The van der Waals surface area contributed by atoms with Crippen LogP contribution in [0.1, 0.15) is 38.5 Å². The van der Waals surface area contributed by atoms with Gasteiger partial charge in [-0.15, -0.1) is 0 Å². The van der Waals surface area contributed by atoms with Crippen molar-refractivity contribution in [2.45, 2.75) is 44.3 Å². The maximum atomic E-state index is 2.50. The molecule has 0 nitrogen and oxygen atoms in total. The van der Waals surface area contributed by atoms with Crippen LogP contribution in [0, 0.1) is 23.7 Å². The van der Waals surface area contributed by atoms with Gasteiger partial charge in [-0.2, -0.15) is 0 Å². The Hall–Kier alpha value is 0.0649. The van der Waals surface area contributed by atoms with E-state index in [0.717, 1.165) is 17.7 Å². The van der Waals surface area contributed by atoms with Crippen LogP contribution in [0.4, 0.5) is 0 Å². The van der Waals surface area contributed by atoms with Gasteiger partial charge in [-0.3, -0.25) is 0 Å². The van der Waals surface area contributed by atoms with Crippen molar-refractivity contribution in [2.24, 2.45) is 23.7 Å². The molecule has 0 amide bonds. The molecule has 3 saturated carbocycles. The SMILES string of the molecule is BC1CC2CC1C1CCCCC21. The van der Waals surface area contributed by atoms with E-state index in [-0.39, 0.29) is 0 Å². The lowest BCUT2D eigenvalue weighted by atomic mass is 9.62. The molecule has 3 aliphatic rings. The summed E-state index contributed by atoms with van der Waals surface area (Å²) in [6.07, 6.45) is 9.42. The quantitative estimate of drug-likeness (QED) is 0.479. The van der Waals surface area contributed by atoms with Gasteiger partial charge in [-0.1, -0.05) is 25.1 Å². The predicted octanol–water partition coefficient (Wildman–Crippen LogP) is 2.25. The first-order valence-corrected chi connectivity index (χ1v) is 5.86. The van der Waals surface area contributed by atoms with Crippen LogP contribution in [-0.2, 0) is 0 Å². The Morgan fingerprint density at radius 2 is 1.58 bits per heavy atom. The summed E-state index contributed by atoms with van der Waals surface area (Å²) in [6, 6.07) is 0. The minimum atomic E-state index is 1.08. The molecule has 12 heavy (non-hydrogen) atoms. The normalized spacial score (nSPS) is 57.2. The fraction of sp³-hybridized carbons (Fsp3) is 1.00. The van der Waals surface area contributed by atoms with E-state index in [2.05, 4.69) is 7.85 Å². The van der Waals surface area contributed by atoms with E-state index in [9.17, 15) is 0 Å². The van der Waals surface area contributed by atoms with Crippen molar-refractivity contribution >= 4 is 7.85 Å². The van der Waals surface area contributed by atoms with Gasteiger partial charge in [0.25, 0.3) is 0 Å². The predicted molar refractivity (Wildman–Crippen MR) is 54.0 cm³/mol. The summed E-state index contributed by atoms with van der Waals surface area (Å²) in [5.74, 6) is 5.75. The van der Waals surface area contributed by atoms with Crippen LogP contribution < -0.4 is 0 Å². The first-order chi connectivity index (χ1) is 5.86. The van der Waals surface area contributed by atoms with Gasteiger partial charge in [0.1, 0.15) is 7.85 Å². The summed E-state index contributed by atoms with van der Waals surface area (Å²) in [5, 5.41) is 0. The van der Waals surface area contributed by atoms with E-state index < -0.39 is 0 Å². The lowest BCUT2D eigenvalue weighted by molar-refractivity contribution is 0.159. The summed E-state index contributed by atoms with van der Waals surface area (Å²) in [6.45, 7) is 0. The second-order valence-corrected chi connectivity index (χ2v) is 5.48. The lowest BCUT2D eigenvalue weighted by Crippen LogP contribution is -2.28. The van der Waals surface area contributed by atoms with E-state index in [4.69, 9.17) is 0 Å². The van der Waals surface area contributed by atoms with Gasteiger partial charge in [0.2, 0.25) is 0 Å². The van der Waals surface area contributed by atoms with Crippen molar-refractivity contribution in [2.75, 3.05) is 0 Å². The van der Waals surface area contributed by atoms with Crippen molar-refractivity contribution in [1.29, 1.82) is 0 Å². The molecule has 0 N–H and O–H groups in total. The molecule has 1 heteroatoms. The molecule has 0 aromatic rings. The third-order valence-corrected chi connectivity index (χ3v) is 5.01. The summed E-state index contributed by atoms with van der Waals surface area (Å²) < 4.78 is 0. The summed E-state index contributed by atoms with van der Waals surface area (Å²) in [5.41, 5.74) is 0. The van der Waals surface area contributed by atoms with Crippen molar-refractivity contribution < 1.29 is 0 Å². The van der Waals surface area contributed by atoms with Crippen molar-refractivity contribution in [3.05, 3.63) is 0 Å². The first kappa shape index (κ1) is 7.47. The maximum absolute atomic E-state index is 2.50. The number of hydrogen-bond acceptors (Lipinski definition) is 0. The highest BCUT2D eigenvalue weighted by molar-refractivity contribution is 6.12. The molecule has 0 aromatic heterocycles. The standard InChI is InChI=1S/C11H19B/c12-11-6-7-5-10(11)9-4-2-1-3-8(7)9/h7-11H,1-6,12H2. The summed E-state index contributed by atoms with van der Waals surface area (Å²) >= 11 is 0. The summed E-state index contributed by atoms with van der Waals surface area (Å²) in [7, 11) is 2.50. The second kappa shape index (κ2) is 2.53. The minimum absolute atomic E-state index is 1.08. The zero-order valence-corrected chi connectivity index (χ0v) is 8.13. The molecule has 5 atom stereocenters. The van der Waals surface area contributed by atoms with Crippen LogP contribution in [0.25, 0.3) is 0 Å². The molecule has 3 fully saturated rings. The Morgan fingerprint density at radius 3 is 2.42 bits per heavy atom. The zero-order chi connectivity index (χ0) is 8.13. The minimum Gasteiger partial charge on any atom is -0.0664 e. The molecule has 66 valence electrons. The third kappa shape index (κ3) is 0.857. The second-order valence-electron chi connectivity index (χ2n) is 5.48. The van der Waals surface area contributed by atoms with Crippen molar-refractivity contribution in [1.82, 2.24) is 0 Å². The number of rotatable bonds is 0. The van der Waals surface area contributed by atoms with E-state index >= 15 is 0 Å². The van der Waals surface area contributed by atoms with Gasteiger partial charge in [0.05, 0.1) is 0 Å². The van der Waals surface area contributed by atoms with Gasteiger partial charge in [-0.25, -0.2) is 0 Å². The van der Waals surface area contributed by atoms with E-state index in [1.807, 2.05) is 0 Å². The van der Waals surface area contributed by atoms with Gasteiger partial charge in [-0.05, 0) is 42.9 Å². The van der Waals surface area contributed by atoms with Crippen LogP contribution >= 0.6 is 0 Å². The van der Waals surface area contributed by atoms with Crippen LogP contribution in [0.2, 0.25) is 5.82 Å². The van der Waals surface area contributed by atoms with Gasteiger partial charge < -0.3 is 0 Å². The fourth-order valence-corrected chi connectivity index (χ4v) is 4.58. The van der Waals surface area contributed by atoms with Gasteiger partial charge in [0.15, 0.2) is 0 Å². The topological polar surface area (TPSA) is 0 Å². The Bertz CT molecular complexity index is 187. The number of fused-ring (bicyclic) bond motifs is 5. The summed E-state index contributed by atoms with van der Waals surface area (Å²) in [4.78, 5) is 0. The maximum Gasteiger partial charge on any atom is 0.105 e. The molecule has 5 unspecified atom stereocenters. The molecule has 3 aliphatic carbocycles. The smallest absolute Gasteiger partial charge is 0.0664 e. The number of hydrogen-bond donors (Lipinski definition) is 0. The molecular weight excluding hydrogens is 143 g/mol. The molecule has 2 bridgehead atoms. The van der Waals surface area contributed by atoms with E-state index in [0.29, 0.717) is 0 Å². The average Bonchev–Trinajstić information content (AvgIpc) is 2.62. The van der Waals surface area contributed by atoms with Gasteiger partial charge in [0, 0.05) is 0 Å². The highest BCUT2D eigenvalue weighted by atomic mass is 14.5. The van der Waals surface area contributed by atoms with Crippen molar-refractivity contribution in [3.8, 4) is 0 Å². The fourth-order valence-electron chi connectivity index (χ4n) is 4.58. The van der Waals surface area contributed by atoms with Crippen LogP contribution in [0.5, 0.6) is 0 Å². The molecule has 0 saturated heterocycles. The van der Waals surface area contributed by atoms with Crippen molar-refractivity contribution in [3.63, 3.8) is 0 Å². The average molecular weight is 162 g/mol. The molecular formula is C11H19B. The third-order valence-electron chi connectivity index (χ3n) is 5.01. The zero-order valence-electron chi connectivity index (χ0n) is 8.13. The Morgan fingerprint density at radius 1 is 0.833 bits per heavy atom. The van der Waals surface area contributed by atoms with Gasteiger partial charge >= 0.3 is 0 Å². The van der Waals surface area contributed by atoms with E-state index in [1.165, 1.54) is 18.3 Å². The largest absolute Gasteiger partial charge is 0.105 e. The van der Waals surface area contributed by atoms with Crippen LogP contribution in [0.3, 0.4) is 0 Å². The van der Waals surface area contributed by atoms with E-state index in [1.54, 1.807) is 32.1 Å². The molecule has 0 spiro atoms. The molecule has 0 aromatic carbocycles. The molecule has 3 rings (SSSR count). The molecule has 0 radical (unpaired) electrons. The monoisotopic (exact) mass is 162 g/mol. The van der Waals surface area contributed by atoms with Crippen LogP contribution in [0.15, 0.2) is 0 Å². The molecule has 0 heterocycles. The van der Waals surface area contributed by atoms with Crippen LogP contribution in [-0.4, -0.2) is 7.85 Å². The Kier molecular flexibility index (Phi) is 1.57. The molecule has 0 aliphatic heterocycles.